The molecule has 0 unspecified atom stereocenters. The predicted molar refractivity (Wildman–Crippen MR) is 100 cm³/mol. The molecule has 4 heterocycles. The van der Waals surface area contributed by atoms with Crippen molar-refractivity contribution in [3.05, 3.63) is 29.3 Å². The van der Waals surface area contributed by atoms with Gasteiger partial charge in [-0.1, -0.05) is 5.21 Å². The summed E-state index contributed by atoms with van der Waals surface area (Å²) in [6, 6.07) is 0.903. The lowest BCUT2D eigenvalue weighted by molar-refractivity contribution is 0.0116. The third-order valence-corrected chi connectivity index (χ3v) is 6.02. The van der Waals surface area contributed by atoms with Crippen LogP contribution in [-0.4, -0.2) is 78.4 Å². The number of likely N-dealkylation sites (tertiary alicyclic amines) is 2. The molecule has 3 fully saturated rings. The largest absolute Gasteiger partial charge is 0.337 e. The molecule has 2 aromatic heterocycles. The summed E-state index contributed by atoms with van der Waals surface area (Å²) in [6.07, 6.45) is 5.02. The van der Waals surface area contributed by atoms with Gasteiger partial charge in [-0.25, -0.2) is 13.5 Å². The molecule has 0 aromatic carbocycles. The number of amides is 2. The molecule has 1 aliphatic carbocycles. The minimum absolute atomic E-state index is 0.0432. The van der Waals surface area contributed by atoms with E-state index >= 15 is 0 Å². The van der Waals surface area contributed by atoms with Gasteiger partial charge >= 0.3 is 0 Å². The fourth-order valence-electron chi connectivity index (χ4n) is 4.28. The minimum atomic E-state index is -2.98. The maximum atomic E-state index is 14.2. The fourth-order valence-corrected chi connectivity index (χ4v) is 4.28. The molecular weight excluding hydrogens is 396 g/mol. The number of H-pyrrole nitrogens is 1. The zero-order valence-electron chi connectivity index (χ0n) is 16.4. The standard InChI is InChI=1S/C19H23F2N7O2/c20-19(21)8-13(9-27-10-16(24-25-27)17(29)26-5-1-2-6-26)28(11-19)18(30)15-7-14(22-23-15)12-3-4-12/h7,10,12-13H,1-6,8-9,11H2,(H,22,23)/t13-/m0/s1. The molecule has 1 atom stereocenters. The first-order valence-electron chi connectivity index (χ1n) is 10.3. The summed E-state index contributed by atoms with van der Waals surface area (Å²) < 4.78 is 29.7. The fraction of sp³-hybridized carbons (Fsp3) is 0.632. The Morgan fingerprint density at radius 2 is 1.93 bits per heavy atom. The van der Waals surface area contributed by atoms with Crippen LogP contribution in [0.5, 0.6) is 0 Å². The quantitative estimate of drug-likeness (QED) is 0.795. The van der Waals surface area contributed by atoms with Crippen molar-refractivity contribution < 1.29 is 18.4 Å². The zero-order chi connectivity index (χ0) is 20.9. The Hall–Kier alpha value is -2.85. The van der Waals surface area contributed by atoms with E-state index in [-0.39, 0.29) is 23.8 Å². The molecule has 160 valence electrons. The number of alkyl halides is 2. The number of carbonyl (C=O) groups is 2. The first-order chi connectivity index (χ1) is 14.4. The van der Waals surface area contributed by atoms with Crippen LogP contribution in [-0.2, 0) is 6.54 Å². The van der Waals surface area contributed by atoms with Crippen molar-refractivity contribution in [3.63, 3.8) is 0 Å². The highest BCUT2D eigenvalue weighted by atomic mass is 19.3. The van der Waals surface area contributed by atoms with Crippen LogP contribution in [0.15, 0.2) is 12.3 Å². The van der Waals surface area contributed by atoms with Crippen molar-refractivity contribution in [3.8, 4) is 0 Å². The molecule has 9 nitrogen and oxygen atoms in total. The number of hydrogen-bond acceptors (Lipinski definition) is 5. The number of nitrogens with zero attached hydrogens (tertiary/aromatic N) is 6. The van der Waals surface area contributed by atoms with E-state index in [1.807, 2.05) is 0 Å². The van der Waals surface area contributed by atoms with Crippen LogP contribution in [0.3, 0.4) is 0 Å². The maximum absolute atomic E-state index is 14.2. The average molecular weight is 419 g/mol. The highest BCUT2D eigenvalue weighted by molar-refractivity contribution is 5.93. The van der Waals surface area contributed by atoms with Gasteiger partial charge in [-0.15, -0.1) is 5.10 Å². The second-order valence-electron chi connectivity index (χ2n) is 8.45. The number of carbonyl (C=O) groups excluding carboxylic acids is 2. The second kappa shape index (κ2) is 7.13. The van der Waals surface area contributed by atoms with Gasteiger partial charge in [0, 0.05) is 31.1 Å². The monoisotopic (exact) mass is 419 g/mol. The molecule has 2 saturated heterocycles. The molecule has 1 saturated carbocycles. The Kier molecular flexibility index (Phi) is 4.55. The van der Waals surface area contributed by atoms with Gasteiger partial charge in [0.15, 0.2) is 5.69 Å². The van der Waals surface area contributed by atoms with Gasteiger partial charge in [0.25, 0.3) is 17.7 Å². The van der Waals surface area contributed by atoms with Gasteiger partial charge in [-0.2, -0.15) is 5.10 Å². The maximum Gasteiger partial charge on any atom is 0.276 e. The lowest BCUT2D eigenvalue weighted by Crippen LogP contribution is -2.39. The number of hydrogen-bond donors (Lipinski definition) is 1. The molecule has 2 aromatic rings. The van der Waals surface area contributed by atoms with Crippen LogP contribution in [0.2, 0.25) is 0 Å². The molecule has 0 bridgehead atoms. The van der Waals surface area contributed by atoms with Gasteiger partial charge in [0.1, 0.15) is 5.69 Å². The Morgan fingerprint density at radius 1 is 1.17 bits per heavy atom. The van der Waals surface area contributed by atoms with E-state index in [0.29, 0.717) is 19.0 Å². The van der Waals surface area contributed by atoms with Gasteiger partial charge in [-0.3, -0.25) is 14.7 Å². The van der Waals surface area contributed by atoms with Gasteiger partial charge in [-0.05, 0) is 31.7 Å². The molecule has 30 heavy (non-hydrogen) atoms. The Bertz CT molecular complexity index is 962. The summed E-state index contributed by atoms with van der Waals surface area (Å²) in [4.78, 5) is 28.2. The molecule has 5 rings (SSSR count). The third-order valence-electron chi connectivity index (χ3n) is 6.02. The molecule has 1 N–H and O–H groups in total. The van der Waals surface area contributed by atoms with Crippen LogP contribution in [0, 0.1) is 0 Å². The highest BCUT2D eigenvalue weighted by Gasteiger charge is 2.48. The van der Waals surface area contributed by atoms with Crippen molar-refractivity contribution in [2.75, 3.05) is 19.6 Å². The van der Waals surface area contributed by atoms with Crippen molar-refractivity contribution in [2.45, 2.75) is 56.5 Å². The van der Waals surface area contributed by atoms with Gasteiger partial charge < -0.3 is 9.80 Å². The van der Waals surface area contributed by atoms with Crippen LogP contribution in [0.1, 0.15) is 64.7 Å². The highest BCUT2D eigenvalue weighted by Crippen LogP contribution is 2.39. The van der Waals surface area contributed by atoms with E-state index in [1.54, 1.807) is 11.0 Å². The number of aromatic amines is 1. The van der Waals surface area contributed by atoms with E-state index in [9.17, 15) is 18.4 Å². The first kappa shape index (κ1) is 19.1. The van der Waals surface area contributed by atoms with Crippen LogP contribution < -0.4 is 0 Å². The second-order valence-corrected chi connectivity index (χ2v) is 8.45. The van der Waals surface area contributed by atoms with Crippen LogP contribution in [0.25, 0.3) is 0 Å². The summed E-state index contributed by atoms with van der Waals surface area (Å²) in [7, 11) is 0. The van der Waals surface area contributed by atoms with E-state index in [1.165, 1.54) is 10.9 Å². The first-order valence-corrected chi connectivity index (χ1v) is 10.3. The number of nitrogens with one attached hydrogen (secondary N) is 1. The Labute approximate surface area is 171 Å². The summed E-state index contributed by atoms with van der Waals surface area (Å²) in [5.74, 6) is -3.32. The van der Waals surface area contributed by atoms with Crippen molar-refractivity contribution in [1.82, 2.24) is 35.0 Å². The molecule has 11 heteroatoms. The van der Waals surface area contributed by atoms with Crippen molar-refractivity contribution in [2.24, 2.45) is 0 Å². The van der Waals surface area contributed by atoms with Crippen molar-refractivity contribution >= 4 is 11.8 Å². The smallest absolute Gasteiger partial charge is 0.276 e. The molecule has 0 spiro atoms. The average Bonchev–Trinajstić information content (AvgIpc) is 3.18. The van der Waals surface area contributed by atoms with E-state index in [4.69, 9.17) is 0 Å². The predicted octanol–water partition coefficient (Wildman–Crippen LogP) is 1.66. The lowest BCUT2D eigenvalue weighted by Gasteiger charge is -2.22. The molecule has 2 aliphatic heterocycles. The summed E-state index contributed by atoms with van der Waals surface area (Å²) in [6.45, 7) is 0.766. The molecule has 2 amide bonds. The summed E-state index contributed by atoms with van der Waals surface area (Å²) >= 11 is 0. The Morgan fingerprint density at radius 3 is 2.67 bits per heavy atom. The van der Waals surface area contributed by atoms with E-state index in [2.05, 4.69) is 20.5 Å². The normalized spacial score (nSPS) is 23.3. The molecule has 3 aliphatic rings. The number of rotatable bonds is 5. The molecular formula is C19H23F2N7O2. The van der Waals surface area contributed by atoms with Crippen LogP contribution in [0.4, 0.5) is 8.78 Å². The van der Waals surface area contributed by atoms with Crippen molar-refractivity contribution in [1.29, 1.82) is 0 Å². The summed E-state index contributed by atoms with van der Waals surface area (Å²) in [5.41, 5.74) is 1.23. The topological polar surface area (TPSA) is 100 Å². The number of halogens is 2. The minimum Gasteiger partial charge on any atom is -0.337 e. The zero-order valence-corrected chi connectivity index (χ0v) is 16.4. The van der Waals surface area contributed by atoms with Gasteiger partial charge in [0.2, 0.25) is 0 Å². The lowest BCUT2D eigenvalue weighted by atomic mass is 10.2. The summed E-state index contributed by atoms with van der Waals surface area (Å²) in [5, 5.41) is 14.7. The molecule has 0 radical (unpaired) electrons. The number of aromatic nitrogens is 5. The third kappa shape index (κ3) is 3.68. The van der Waals surface area contributed by atoms with Crippen LogP contribution >= 0.6 is 0 Å². The van der Waals surface area contributed by atoms with Gasteiger partial charge in [0.05, 0.1) is 25.3 Å². The SMILES string of the molecule is O=C(c1cn(C[C@@H]2CC(F)(F)CN2C(=O)c2cc(C3CC3)[nH]n2)nn1)N1CCCC1. The van der Waals surface area contributed by atoms with E-state index < -0.39 is 30.8 Å². The van der Waals surface area contributed by atoms with E-state index in [0.717, 1.165) is 36.3 Å². The Balaban J connectivity index is 1.30.